The number of barbiturate groups is 1. The van der Waals surface area contributed by atoms with Crippen molar-refractivity contribution in [2.45, 2.75) is 0 Å². The second kappa shape index (κ2) is 5.99. The Hall–Kier alpha value is -3.43. The average molecular weight is 335 g/mol. The summed E-state index contributed by atoms with van der Waals surface area (Å²) in [6.07, 6.45) is 0.981. The van der Waals surface area contributed by atoms with Gasteiger partial charge in [0.25, 0.3) is 11.8 Å². The molecular weight excluding hydrogens is 322 g/mol. The van der Waals surface area contributed by atoms with Crippen LogP contribution in [0.2, 0.25) is 0 Å². The second-order valence-corrected chi connectivity index (χ2v) is 4.91. The Morgan fingerprint density at radius 2 is 1.71 bits per heavy atom. The third-order valence-electron chi connectivity index (χ3n) is 3.47. The van der Waals surface area contributed by atoms with Crippen molar-refractivity contribution in [3.8, 4) is 11.5 Å². The van der Waals surface area contributed by atoms with Crippen LogP contribution in [-0.2, 0) is 9.59 Å². The number of carbonyl (C=O) groups excluding carboxylic acids is 3. The molecule has 1 aromatic rings. The van der Waals surface area contributed by atoms with E-state index in [4.69, 9.17) is 4.74 Å². The number of rotatable bonds is 3. The number of phenols is 1. The number of nitro benzene ring substituents is 1. The number of amides is 4. The molecule has 1 aliphatic rings. The fourth-order valence-electron chi connectivity index (χ4n) is 2.11. The number of phenolic OH excluding ortho intramolecular Hbond substituents is 1. The van der Waals surface area contributed by atoms with Crippen LogP contribution in [0.5, 0.6) is 11.5 Å². The van der Waals surface area contributed by atoms with E-state index in [0.29, 0.717) is 0 Å². The van der Waals surface area contributed by atoms with Crippen LogP contribution >= 0.6 is 0 Å². The topological polar surface area (TPSA) is 130 Å². The molecule has 1 aromatic carbocycles. The summed E-state index contributed by atoms with van der Waals surface area (Å²) < 4.78 is 4.91. The summed E-state index contributed by atoms with van der Waals surface area (Å²) in [4.78, 5) is 47.5. The Bertz CT molecular complexity index is 774. The van der Waals surface area contributed by atoms with E-state index in [1.165, 1.54) is 27.3 Å². The number of carbonyl (C=O) groups is 3. The third-order valence-corrected chi connectivity index (χ3v) is 3.47. The predicted molar refractivity (Wildman–Crippen MR) is 80.2 cm³/mol. The maximum Gasteiger partial charge on any atom is 0.333 e. The van der Waals surface area contributed by atoms with Crippen LogP contribution in [0.3, 0.4) is 0 Å². The number of hydrogen-bond acceptors (Lipinski definition) is 7. The summed E-state index contributed by atoms with van der Waals surface area (Å²) in [5, 5.41) is 21.0. The molecule has 0 saturated carbocycles. The maximum atomic E-state index is 12.1. The molecule has 0 bridgehead atoms. The van der Waals surface area contributed by atoms with Gasteiger partial charge < -0.3 is 9.84 Å². The standard InChI is InChI=1S/C14H13N3O7/c1-15-12(19)9(13(20)16(2)14(15)21)5-7-4-8(24-3)6-10(11(7)18)17(22)23/h4-6,18H,1-3H3. The van der Waals surface area contributed by atoms with Gasteiger partial charge in [0.05, 0.1) is 18.1 Å². The summed E-state index contributed by atoms with van der Waals surface area (Å²) in [5.41, 5.74) is -1.22. The number of nitro groups is 1. The first-order chi connectivity index (χ1) is 11.2. The molecule has 0 aromatic heterocycles. The Morgan fingerprint density at radius 3 is 2.17 bits per heavy atom. The van der Waals surface area contributed by atoms with Crippen molar-refractivity contribution in [1.29, 1.82) is 0 Å². The fraction of sp³-hybridized carbons (Fsp3) is 0.214. The van der Waals surface area contributed by atoms with Gasteiger partial charge in [-0.3, -0.25) is 29.5 Å². The van der Waals surface area contributed by atoms with Gasteiger partial charge in [0.15, 0.2) is 0 Å². The van der Waals surface area contributed by atoms with E-state index in [0.717, 1.165) is 21.9 Å². The molecule has 0 unspecified atom stereocenters. The normalized spacial score (nSPS) is 15.0. The van der Waals surface area contributed by atoms with Gasteiger partial charge in [-0.15, -0.1) is 0 Å². The van der Waals surface area contributed by atoms with Gasteiger partial charge in [0.2, 0.25) is 5.75 Å². The Balaban J connectivity index is 2.64. The minimum atomic E-state index is -0.882. The lowest BCUT2D eigenvalue weighted by Crippen LogP contribution is -2.52. The number of benzene rings is 1. The molecule has 24 heavy (non-hydrogen) atoms. The van der Waals surface area contributed by atoms with Gasteiger partial charge in [0.1, 0.15) is 11.3 Å². The van der Waals surface area contributed by atoms with Crippen LogP contribution in [0.15, 0.2) is 17.7 Å². The van der Waals surface area contributed by atoms with Gasteiger partial charge in [-0.1, -0.05) is 0 Å². The van der Waals surface area contributed by atoms with E-state index in [1.54, 1.807) is 0 Å². The third kappa shape index (κ3) is 2.64. The minimum absolute atomic E-state index is 0.0554. The van der Waals surface area contributed by atoms with Crippen molar-refractivity contribution in [3.05, 3.63) is 33.4 Å². The van der Waals surface area contributed by atoms with Gasteiger partial charge in [0, 0.05) is 19.7 Å². The molecule has 1 heterocycles. The smallest absolute Gasteiger partial charge is 0.333 e. The molecule has 1 aliphatic heterocycles. The minimum Gasteiger partial charge on any atom is -0.502 e. The molecule has 0 spiro atoms. The molecule has 4 amide bonds. The van der Waals surface area contributed by atoms with Crippen LogP contribution < -0.4 is 4.74 Å². The van der Waals surface area contributed by atoms with E-state index in [1.807, 2.05) is 0 Å². The summed E-state index contributed by atoms with van der Waals surface area (Å²) in [7, 11) is 3.65. The zero-order chi connectivity index (χ0) is 18.2. The maximum absolute atomic E-state index is 12.1. The molecule has 0 radical (unpaired) electrons. The molecule has 1 N–H and O–H groups in total. The molecular formula is C14H13N3O7. The van der Waals surface area contributed by atoms with E-state index < -0.39 is 39.8 Å². The average Bonchev–Trinajstić information content (AvgIpc) is 2.56. The van der Waals surface area contributed by atoms with Crippen LogP contribution in [0, 0.1) is 10.1 Å². The lowest BCUT2D eigenvalue weighted by atomic mass is 10.0. The Kier molecular flexibility index (Phi) is 4.22. The highest BCUT2D eigenvalue weighted by atomic mass is 16.6. The predicted octanol–water partition coefficient (Wildman–Crippen LogP) is 0.743. The number of imide groups is 2. The van der Waals surface area contributed by atoms with E-state index in [9.17, 15) is 29.6 Å². The molecule has 10 heteroatoms. The summed E-state index contributed by atoms with van der Waals surface area (Å²) >= 11 is 0. The van der Waals surface area contributed by atoms with E-state index in [2.05, 4.69) is 0 Å². The number of likely N-dealkylation sites (N-methyl/N-ethyl adjacent to an activating group) is 2. The molecule has 0 atom stereocenters. The molecule has 10 nitrogen and oxygen atoms in total. The van der Waals surface area contributed by atoms with Crippen LogP contribution in [0.1, 0.15) is 5.56 Å². The Morgan fingerprint density at radius 1 is 1.17 bits per heavy atom. The summed E-state index contributed by atoms with van der Waals surface area (Å²) in [6, 6.07) is 1.43. The highest BCUT2D eigenvalue weighted by Gasteiger charge is 2.38. The fourth-order valence-corrected chi connectivity index (χ4v) is 2.11. The van der Waals surface area contributed by atoms with Crippen LogP contribution in [0.25, 0.3) is 6.08 Å². The zero-order valence-corrected chi connectivity index (χ0v) is 13.0. The molecule has 1 saturated heterocycles. The number of urea groups is 1. The molecule has 1 fully saturated rings. The van der Waals surface area contributed by atoms with Crippen molar-refractivity contribution in [2.75, 3.05) is 21.2 Å². The molecule has 126 valence electrons. The summed E-state index contributed by atoms with van der Waals surface area (Å²) in [6.45, 7) is 0. The number of nitrogens with zero attached hydrogens (tertiary/aromatic N) is 3. The van der Waals surface area contributed by atoms with Crippen molar-refractivity contribution < 1.29 is 29.2 Å². The van der Waals surface area contributed by atoms with Gasteiger partial charge in [-0.05, 0) is 12.1 Å². The lowest BCUT2D eigenvalue weighted by molar-refractivity contribution is -0.385. The Labute approximate surface area is 135 Å². The number of methoxy groups -OCH3 is 1. The van der Waals surface area contributed by atoms with Gasteiger partial charge in [-0.2, -0.15) is 0 Å². The SMILES string of the molecule is COc1cc(C=C2C(=O)N(C)C(=O)N(C)C2=O)c(O)c([N+](=O)[O-])c1. The lowest BCUT2D eigenvalue weighted by Gasteiger charge is -2.28. The van der Waals surface area contributed by atoms with Gasteiger partial charge in [-0.25, -0.2) is 4.79 Å². The first-order valence-corrected chi connectivity index (χ1v) is 6.56. The number of aromatic hydroxyl groups is 1. The van der Waals surface area contributed by atoms with Crippen molar-refractivity contribution in [1.82, 2.24) is 9.80 Å². The van der Waals surface area contributed by atoms with Crippen molar-refractivity contribution >= 4 is 29.6 Å². The van der Waals surface area contributed by atoms with Crippen molar-refractivity contribution in [3.63, 3.8) is 0 Å². The molecule has 2 rings (SSSR count). The largest absolute Gasteiger partial charge is 0.502 e. The first-order valence-electron chi connectivity index (χ1n) is 6.56. The number of ether oxygens (including phenoxy) is 1. The number of hydrogen-bond donors (Lipinski definition) is 1. The summed E-state index contributed by atoms with van der Waals surface area (Å²) in [5.74, 6) is -2.43. The van der Waals surface area contributed by atoms with E-state index in [-0.39, 0.29) is 11.3 Å². The second-order valence-electron chi connectivity index (χ2n) is 4.91. The van der Waals surface area contributed by atoms with Crippen LogP contribution in [-0.4, -0.2) is 58.9 Å². The molecule has 0 aliphatic carbocycles. The highest BCUT2D eigenvalue weighted by molar-refractivity contribution is 6.30. The monoisotopic (exact) mass is 335 g/mol. The quantitative estimate of drug-likeness (QED) is 0.373. The van der Waals surface area contributed by atoms with E-state index >= 15 is 0 Å². The van der Waals surface area contributed by atoms with Gasteiger partial charge >= 0.3 is 11.7 Å². The zero-order valence-electron chi connectivity index (χ0n) is 13.0. The van der Waals surface area contributed by atoms with Crippen LogP contribution in [0.4, 0.5) is 10.5 Å². The first kappa shape index (κ1) is 16.9. The highest BCUT2D eigenvalue weighted by Crippen LogP contribution is 2.36. The van der Waals surface area contributed by atoms with Crippen molar-refractivity contribution in [2.24, 2.45) is 0 Å².